The highest BCUT2D eigenvalue weighted by Gasteiger charge is 2.28. The van der Waals surface area contributed by atoms with Gasteiger partial charge in [-0.2, -0.15) is 4.31 Å². The highest BCUT2D eigenvalue weighted by Crippen LogP contribution is 2.29. The summed E-state index contributed by atoms with van der Waals surface area (Å²) < 4.78 is 39.7. The number of hydrogen-bond acceptors (Lipinski definition) is 3. The van der Waals surface area contributed by atoms with Crippen LogP contribution < -0.4 is 5.73 Å². The van der Waals surface area contributed by atoms with E-state index in [0.29, 0.717) is 0 Å². The van der Waals surface area contributed by atoms with Crippen molar-refractivity contribution in [2.75, 3.05) is 12.3 Å². The van der Waals surface area contributed by atoms with Crippen molar-refractivity contribution >= 4 is 31.6 Å². The van der Waals surface area contributed by atoms with Crippen LogP contribution in [0.3, 0.4) is 0 Å². The lowest BCUT2D eigenvalue weighted by atomic mass is 10.3. The molecule has 0 spiro atoms. The standard InChI is InChI=1S/C12H16BrFN2O2S/c1-4-5-16(8(2)3)19(17,18)12-7-11(15)10(14)6-9(12)13/h4,6-8H,1,5,15H2,2-3H3. The van der Waals surface area contributed by atoms with Crippen LogP contribution in [-0.4, -0.2) is 25.3 Å². The van der Waals surface area contributed by atoms with Crippen LogP contribution in [0.5, 0.6) is 0 Å². The number of nitrogen functional groups attached to an aromatic ring is 1. The normalized spacial score (nSPS) is 12.1. The number of benzene rings is 1. The molecule has 0 saturated carbocycles. The van der Waals surface area contributed by atoms with Gasteiger partial charge in [-0.3, -0.25) is 0 Å². The minimum atomic E-state index is -3.76. The Hall–Kier alpha value is -0.920. The van der Waals surface area contributed by atoms with Gasteiger partial charge in [-0.25, -0.2) is 12.8 Å². The first kappa shape index (κ1) is 16.1. The minimum Gasteiger partial charge on any atom is -0.396 e. The second kappa shape index (κ2) is 6.02. The summed E-state index contributed by atoms with van der Waals surface area (Å²) in [5, 5.41) is 0. The fourth-order valence-electron chi connectivity index (χ4n) is 1.58. The summed E-state index contributed by atoms with van der Waals surface area (Å²) in [6.45, 7) is 7.22. The summed E-state index contributed by atoms with van der Waals surface area (Å²) in [7, 11) is -3.76. The van der Waals surface area contributed by atoms with E-state index in [1.807, 2.05) is 0 Å². The number of rotatable bonds is 5. The third-order valence-electron chi connectivity index (χ3n) is 2.52. The van der Waals surface area contributed by atoms with Crippen LogP contribution in [0.2, 0.25) is 0 Å². The summed E-state index contributed by atoms with van der Waals surface area (Å²) in [4.78, 5) is -0.0537. The molecule has 106 valence electrons. The van der Waals surface area contributed by atoms with Crippen molar-refractivity contribution in [3.8, 4) is 0 Å². The van der Waals surface area contributed by atoms with Gasteiger partial charge in [0.25, 0.3) is 0 Å². The predicted molar refractivity (Wildman–Crippen MR) is 77.7 cm³/mol. The summed E-state index contributed by atoms with van der Waals surface area (Å²) >= 11 is 3.06. The molecule has 2 N–H and O–H groups in total. The first-order valence-corrected chi connectivity index (χ1v) is 7.82. The fourth-order valence-corrected chi connectivity index (χ4v) is 4.20. The Morgan fingerprint density at radius 1 is 1.53 bits per heavy atom. The maximum atomic E-state index is 13.3. The summed E-state index contributed by atoms with van der Waals surface area (Å²) in [6, 6.07) is 1.92. The third kappa shape index (κ3) is 3.34. The highest BCUT2D eigenvalue weighted by atomic mass is 79.9. The van der Waals surface area contributed by atoms with Crippen molar-refractivity contribution in [2.45, 2.75) is 24.8 Å². The molecule has 7 heteroatoms. The molecule has 0 aliphatic carbocycles. The summed E-state index contributed by atoms with van der Waals surface area (Å²) in [5.74, 6) is -0.661. The zero-order chi connectivity index (χ0) is 14.8. The van der Waals surface area contributed by atoms with E-state index in [1.54, 1.807) is 13.8 Å². The summed E-state index contributed by atoms with van der Waals surface area (Å²) in [6.07, 6.45) is 1.50. The van der Waals surface area contributed by atoms with E-state index in [-0.39, 0.29) is 27.6 Å². The number of anilines is 1. The Balaban J connectivity index is 3.41. The number of halogens is 2. The number of sulfonamides is 1. The van der Waals surface area contributed by atoms with Crippen LogP contribution in [0.25, 0.3) is 0 Å². The van der Waals surface area contributed by atoms with Crippen LogP contribution in [0.1, 0.15) is 13.8 Å². The van der Waals surface area contributed by atoms with E-state index >= 15 is 0 Å². The molecule has 1 rings (SSSR count). The SMILES string of the molecule is C=CCN(C(C)C)S(=O)(=O)c1cc(N)c(F)cc1Br. The monoisotopic (exact) mass is 350 g/mol. The van der Waals surface area contributed by atoms with E-state index in [9.17, 15) is 12.8 Å². The first-order valence-electron chi connectivity index (χ1n) is 5.59. The molecule has 0 fully saturated rings. The quantitative estimate of drug-likeness (QED) is 0.655. The molecule has 0 radical (unpaired) electrons. The van der Waals surface area contributed by atoms with Crippen LogP contribution in [0.15, 0.2) is 34.2 Å². The lowest BCUT2D eigenvalue weighted by Crippen LogP contribution is -2.37. The average molecular weight is 351 g/mol. The van der Waals surface area contributed by atoms with Crippen LogP contribution >= 0.6 is 15.9 Å². The maximum Gasteiger partial charge on any atom is 0.244 e. The molecule has 0 aliphatic heterocycles. The minimum absolute atomic E-state index is 0.0537. The molecule has 1 aromatic carbocycles. The molecule has 0 aromatic heterocycles. The van der Waals surface area contributed by atoms with E-state index in [4.69, 9.17) is 5.73 Å². The van der Waals surface area contributed by atoms with E-state index in [1.165, 1.54) is 10.4 Å². The Labute approximate surface area is 121 Å². The van der Waals surface area contributed by atoms with Crippen molar-refractivity contribution < 1.29 is 12.8 Å². The zero-order valence-corrected chi connectivity index (χ0v) is 13.1. The van der Waals surface area contributed by atoms with Gasteiger partial charge in [-0.1, -0.05) is 6.08 Å². The molecule has 19 heavy (non-hydrogen) atoms. The zero-order valence-electron chi connectivity index (χ0n) is 10.7. The van der Waals surface area contributed by atoms with Crippen molar-refractivity contribution in [3.05, 3.63) is 35.1 Å². The van der Waals surface area contributed by atoms with E-state index < -0.39 is 15.8 Å². The first-order chi connectivity index (χ1) is 8.71. The van der Waals surface area contributed by atoms with Gasteiger partial charge in [0.15, 0.2) is 0 Å². The van der Waals surface area contributed by atoms with Gasteiger partial charge in [0, 0.05) is 17.1 Å². The average Bonchev–Trinajstić information content (AvgIpc) is 2.29. The van der Waals surface area contributed by atoms with Crippen molar-refractivity contribution in [3.63, 3.8) is 0 Å². The summed E-state index contributed by atoms with van der Waals surface area (Å²) in [5.41, 5.74) is 5.23. The molecule has 0 saturated heterocycles. The van der Waals surface area contributed by atoms with Crippen molar-refractivity contribution in [1.29, 1.82) is 0 Å². The van der Waals surface area contributed by atoms with Crippen LogP contribution in [0, 0.1) is 5.82 Å². The number of nitrogens with two attached hydrogens (primary N) is 1. The second-order valence-corrected chi connectivity index (χ2v) is 6.97. The van der Waals surface area contributed by atoms with E-state index in [0.717, 1.165) is 12.1 Å². The van der Waals surface area contributed by atoms with Crippen LogP contribution in [-0.2, 0) is 10.0 Å². The van der Waals surface area contributed by atoms with Crippen molar-refractivity contribution in [2.24, 2.45) is 0 Å². The smallest absolute Gasteiger partial charge is 0.244 e. The topological polar surface area (TPSA) is 63.4 Å². The molecule has 1 aromatic rings. The Kier molecular flexibility index (Phi) is 5.11. The number of hydrogen-bond donors (Lipinski definition) is 1. The molecule has 0 unspecified atom stereocenters. The lowest BCUT2D eigenvalue weighted by Gasteiger charge is -2.25. The van der Waals surface area contributed by atoms with Crippen molar-refractivity contribution in [1.82, 2.24) is 4.31 Å². The molecule has 0 atom stereocenters. The largest absolute Gasteiger partial charge is 0.396 e. The van der Waals surface area contributed by atoms with Crippen LogP contribution in [0.4, 0.5) is 10.1 Å². The van der Waals surface area contributed by atoms with Gasteiger partial charge in [-0.15, -0.1) is 6.58 Å². The Morgan fingerprint density at radius 3 is 2.58 bits per heavy atom. The number of nitrogens with zero attached hydrogens (tertiary/aromatic N) is 1. The van der Waals surface area contributed by atoms with Gasteiger partial charge in [0.1, 0.15) is 5.82 Å². The lowest BCUT2D eigenvalue weighted by molar-refractivity contribution is 0.382. The second-order valence-electron chi connectivity index (χ2n) is 4.26. The van der Waals surface area contributed by atoms with Gasteiger partial charge < -0.3 is 5.73 Å². The van der Waals surface area contributed by atoms with E-state index in [2.05, 4.69) is 22.5 Å². The fraction of sp³-hybridized carbons (Fsp3) is 0.333. The van der Waals surface area contributed by atoms with Gasteiger partial charge in [0.2, 0.25) is 10.0 Å². The third-order valence-corrected chi connectivity index (χ3v) is 5.52. The molecule has 4 nitrogen and oxygen atoms in total. The Morgan fingerprint density at radius 2 is 2.11 bits per heavy atom. The molecule has 0 amide bonds. The van der Waals surface area contributed by atoms with Gasteiger partial charge in [-0.05, 0) is 41.9 Å². The predicted octanol–water partition coefficient (Wildman–Crippen LogP) is 2.76. The maximum absolute atomic E-state index is 13.3. The molecular formula is C12H16BrFN2O2S. The molecule has 0 bridgehead atoms. The Bertz CT molecular complexity index is 588. The molecule has 0 aliphatic rings. The highest BCUT2D eigenvalue weighted by molar-refractivity contribution is 9.10. The van der Waals surface area contributed by atoms with Gasteiger partial charge >= 0.3 is 0 Å². The van der Waals surface area contributed by atoms with Gasteiger partial charge in [0.05, 0.1) is 10.6 Å². The molecule has 0 heterocycles. The molecular weight excluding hydrogens is 335 g/mol.